The number of benzene rings is 6. The molecule has 0 saturated carbocycles. The van der Waals surface area contributed by atoms with Crippen LogP contribution in [-0.2, 0) is 0 Å². The summed E-state index contributed by atoms with van der Waals surface area (Å²) in [6, 6.07) is 58.1. The number of fused-ring (bicyclic) bond motifs is 4. The molecule has 4 heterocycles. The van der Waals surface area contributed by atoms with E-state index in [9.17, 15) is 0 Å². The number of hydrogen-bond acceptors (Lipinski definition) is 4. The van der Waals surface area contributed by atoms with Crippen LogP contribution in [0.3, 0.4) is 0 Å². The Labute approximate surface area is 306 Å². The van der Waals surface area contributed by atoms with Crippen LogP contribution in [0, 0.1) is 0 Å². The highest BCUT2D eigenvalue weighted by Crippen LogP contribution is 2.41. The fourth-order valence-corrected chi connectivity index (χ4v) is 7.45. The zero-order valence-corrected chi connectivity index (χ0v) is 28.7. The molecule has 0 radical (unpaired) electrons. The molecular weight excluding hydrogens is 649 g/mol. The highest BCUT2D eigenvalue weighted by molar-refractivity contribution is 6.14. The second-order valence-corrected chi connectivity index (χ2v) is 13.1. The van der Waals surface area contributed by atoms with Crippen molar-refractivity contribution < 1.29 is 0 Å². The summed E-state index contributed by atoms with van der Waals surface area (Å²) in [5, 5.41) is 3.57. The molecule has 0 N–H and O–H groups in total. The van der Waals surface area contributed by atoms with Crippen molar-refractivity contribution in [2.75, 3.05) is 4.90 Å². The monoisotopic (exact) mass is 680 g/mol. The maximum Gasteiger partial charge on any atom is 0.159 e. The van der Waals surface area contributed by atoms with Crippen LogP contribution in [0.5, 0.6) is 0 Å². The quantitative estimate of drug-likeness (QED) is 0.168. The number of para-hydroxylation sites is 2. The van der Waals surface area contributed by atoms with Gasteiger partial charge in [0.05, 0.1) is 16.6 Å². The number of aromatic nitrogens is 5. The molecule has 6 heteroatoms. The molecule has 4 aromatic heterocycles. The van der Waals surface area contributed by atoms with Gasteiger partial charge in [-0.25, -0.2) is 9.97 Å². The first-order chi connectivity index (χ1) is 26.3. The van der Waals surface area contributed by atoms with E-state index in [0.717, 1.165) is 50.6 Å². The molecule has 0 unspecified atom stereocenters. The van der Waals surface area contributed by atoms with Crippen LogP contribution < -0.4 is 4.90 Å². The Morgan fingerprint density at radius 2 is 1.02 bits per heavy atom. The van der Waals surface area contributed by atoms with E-state index in [1.807, 2.05) is 30.6 Å². The van der Waals surface area contributed by atoms with E-state index in [1.54, 1.807) is 12.4 Å². The van der Waals surface area contributed by atoms with Gasteiger partial charge in [0.25, 0.3) is 0 Å². The minimum atomic E-state index is 0.703. The minimum absolute atomic E-state index is 0.703. The van der Waals surface area contributed by atoms with E-state index in [1.165, 1.54) is 27.2 Å². The van der Waals surface area contributed by atoms with Crippen molar-refractivity contribution in [1.82, 2.24) is 24.1 Å². The van der Waals surface area contributed by atoms with Crippen LogP contribution in [0.25, 0.3) is 66.6 Å². The van der Waals surface area contributed by atoms with E-state index < -0.39 is 0 Å². The second-order valence-electron chi connectivity index (χ2n) is 13.1. The first kappa shape index (κ1) is 30.5. The predicted molar refractivity (Wildman–Crippen MR) is 217 cm³/mol. The van der Waals surface area contributed by atoms with Gasteiger partial charge in [-0.15, -0.1) is 0 Å². The van der Waals surface area contributed by atoms with Gasteiger partial charge in [0, 0.05) is 81.1 Å². The van der Waals surface area contributed by atoms with Crippen LogP contribution in [0.4, 0.5) is 17.1 Å². The van der Waals surface area contributed by atoms with Gasteiger partial charge in [0.15, 0.2) is 5.82 Å². The minimum Gasteiger partial charge on any atom is -0.317 e. The molecule has 250 valence electrons. The summed E-state index contributed by atoms with van der Waals surface area (Å²) in [4.78, 5) is 15.5. The maximum atomic E-state index is 4.48. The van der Waals surface area contributed by atoms with Crippen molar-refractivity contribution >= 4 is 49.8 Å². The molecule has 0 bridgehead atoms. The third-order valence-corrected chi connectivity index (χ3v) is 9.96. The molecule has 0 spiro atoms. The molecule has 6 nitrogen and oxygen atoms in total. The van der Waals surface area contributed by atoms with Gasteiger partial charge in [0.2, 0.25) is 0 Å². The summed E-state index contributed by atoms with van der Waals surface area (Å²) >= 11 is 0. The molecule has 0 saturated heterocycles. The van der Waals surface area contributed by atoms with Crippen molar-refractivity contribution in [2.45, 2.75) is 0 Å². The molecule has 0 amide bonds. The fraction of sp³-hybridized carbons (Fsp3) is 0. The lowest BCUT2D eigenvalue weighted by Gasteiger charge is -2.26. The molecule has 0 aliphatic heterocycles. The largest absolute Gasteiger partial charge is 0.317 e. The van der Waals surface area contributed by atoms with E-state index in [-0.39, 0.29) is 0 Å². The Hall–Kier alpha value is -7.31. The smallest absolute Gasteiger partial charge is 0.159 e. The van der Waals surface area contributed by atoms with Gasteiger partial charge < -0.3 is 14.0 Å². The Kier molecular flexibility index (Phi) is 7.36. The Morgan fingerprint density at radius 3 is 1.72 bits per heavy atom. The number of anilines is 3. The standard InChI is InChI=1S/C47H32N6/c1-3-8-37(9-4-1)51-29-24-36-30-46-43(32-45(36)51)42-31-41(20-21-44(42)53(46)38-10-5-2-6-11-38)52(39-16-12-33(13-17-39)34-22-27-48-28-23-34)40-18-14-35(15-19-40)47-49-25-7-26-50-47/h1-32H. The van der Waals surface area contributed by atoms with E-state index >= 15 is 0 Å². The molecule has 0 atom stereocenters. The van der Waals surface area contributed by atoms with E-state index in [4.69, 9.17) is 0 Å². The molecular formula is C47H32N6. The van der Waals surface area contributed by atoms with Crippen LogP contribution in [0.1, 0.15) is 0 Å². The normalized spacial score (nSPS) is 11.4. The number of hydrogen-bond donors (Lipinski definition) is 0. The van der Waals surface area contributed by atoms with Crippen molar-refractivity contribution in [3.63, 3.8) is 0 Å². The first-order valence-corrected chi connectivity index (χ1v) is 17.7. The summed E-state index contributed by atoms with van der Waals surface area (Å²) in [6.45, 7) is 0. The molecule has 10 aromatic rings. The third-order valence-electron chi connectivity index (χ3n) is 9.96. The lowest BCUT2D eigenvalue weighted by molar-refractivity contribution is 1.13. The summed E-state index contributed by atoms with van der Waals surface area (Å²) in [7, 11) is 0. The molecule has 6 aromatic carbocycles. The SMILES string of the molecule is c1ccc(-n2ccc3cc4c(cc32)c2cc(N(c3ccc(-c5ccncc5)cc3)c3ccc(-c5ncccn5)cc3)ccc2n4-c2ccccc2)cc1. The topological polar surface area (TPSA) is 51.8 Å². The molecule has 53 heavy (non-hydrogen) atoms. The highest BCUT2D eigenvalue weighted by atomic mass is 15.1. The van der Waals surface area contributed by atoms with Crippen LogP contribution in [0.15, 0.2) is 195 Å². The molecule has 0 aliphatic rings. The Balaban J connectivity index is 1.18. The third kappa shape index (κ3) is 5.41. The fourth-order valence-electron chi connectivity index (χ4n) is 7.45. The van der Waals surface area contributed by atoms with E-state index in [2.05, 4.69) is 181 Å². The number of rotatable bonds is 7. The summed E-state index contributed by atoms with van der Waals surface area (Å²) in [6.07, 6.45) is 9.39. The zero-order valence-electron chi connectivity index (χ0n) is 28.7. The lowest BCUT2D eigenvalue weighted by Crippen LogP contribution is -2.10. The first-order valence-electron chi connectivity index (χ1n) is 17.7. The molecule has 10 rings (SSSR count). The summed E-state index contributed by atoms with van der Waals surface area (Å²) in [5.41, 5.74) is 12.1. The average molecular weight is 681 g/mol. The summed E-state index contributed by atoms with van der Waals surface area (Å²) in [5.74, 6) is 0.703. The Morgan fingerprint density at radius 1 is 0.415 bits per heavy atom. The second kappa shape index (κ2) is 12.8. The van der Waals surface area contributed by atoms with Gasteiger partial charge in [-0.05, 0) is 126 Å². The Bertz CT molecular complexity index is 2760. The number of nitrogens with zero attached hydrogens (tertiary/aromatic N) is 6. The highest BCUT2D eigenvalue weighted by Gasteiger charge is 2.19. The zero-order chi connectivity index (χ0) is 35.1. The maximum absolute atomic E-state index is 4.48. The van der Waals surface area contributed by atoms with Gasteiger partial charge in [0.1, 0.15) is 0 Å². The number of pyridine rings is 1. The van der Waals surface area contributed by atoms with Crippen molar-refractivity contribution in [3.8, 4) is 33.9 Å². The van der Waals surface area contributed by atoms with Gasteiger partial charge in [-0.1, -0.05) is 48.5 Å². The summed E-state index contributed by atoms with van der Waals surface area (Å²) < 4.78 is 4.66. The average Bonchev–Trinajstić information content (AvgIpc) is 3.80. The van der Waals surface area contributed by atoms with Gasteiger partial charge in [-0.2, -0.15) is 0 Å². The van der Waals surface area contributed by atoms with Gasteiger partial charge >= 0.3 is 0 Å². The van der Waals surface area contributed by atoms with Crippen LogP contribution in [0.2, 0.25) is 0 Å². The lowest BCUT2D eigenvalue weighted by atomic mass is 10.1. The van der Waals surface area contributed by atoms with Gasteiger partial charge in [-0.3, -0.25) is 4.98 Å². The van der Waals surface area contributed by atoms with Crippen LogP contribution >= 0.6 is 0 Å². The predicted octanol–water partition coefficient (Wildman–Crippen LogP) is 11.7. The van der Waals surface area contributed by atoms with E-state index in [0.29, 0.717) is 5.82 Å². The van der Waals surface area contributed by atoms with Crippen molar-refractivity contribution in [3.05, 3.63) is 195 Å². The van der Waals surface area contributed by atoms with Crippen LogP contribution in [-0.4, -0.2) is 24.1 Å². The van der Waals surface area contributed by atoms with Crippen molar-refractivity contribution in [1.29, 1.82) is 0 Å². The molecule has 0 aliphatic carbocycles. The molecule has 0 fully saturated rings. The van der Waals surface area contributed by atoms with Crippen molar-refractivity contribution in [2.24, 2.45) is 0 Å².